The second-order valence-corrected chi connectivity index (χ2v) is 9.45. The van der Waals surface area contributed by atoms with E-state index in [9.17, 15) is 13.2 Å². The van der Waals surface area contributed by atoms with Crippen LogP contribution in [0.25, 0.3) is 0 Å². The van der Waals surface area contributed by atoms with E-state index in [2.05, 4.69) is 12.2 Å². The van der Waals surface area contributed by atoms with Crippen LogP contribution in [-0.2, 0) is 14.8 Å². The van der Waals surface area contributed by atoms with E-state index < -0.39 is 10.0 Å². The fraction of sp³-hybridized carbons (Fsp3) is 0.632. The predicted molar refractivity (Wildman–Crippen MR) is 109 cm³/mol. The van der Waals surface area contributed by atoms with Crippen molar-refractivity contribution in [2.45, 2.75) is 44.6 Å². The molecular formula is C19H30ClN3O3S. The van der Waals surface area contributed by atoms with Crippen molar-refractivity contribution in [2.24, 2.45) is 5.92 Å². The largest absolute Gasteiger partial charge is 0.337 e. The molecule has 0 saturated carbocycles. The summed E-state index contributed by atoms with van der Waals surface area (Å²) in [6, 6.07) is 5.47. The van der Waals surface area contributed by atoms with E-state index >= 15 is 0 Å². The van der Waals surface area contributed by atoms with Crippen LogP contribution < -0.4 is 5.32 Å². The molecule has 0 aliphatic carbocycles. The first-order valence-electron chi connectivity index (χ1n) is 9.39. The van der Waals surface area contributed by atoms with Crippen LogP contribution in [0.15, 0.2) is 23.1 Å². The van der Waals surface area contributed by atoms with Gasteiger partial charge in [0.25, 0.3) is 0 Å². The number of amides is 1. The van der Waals surface area contributed by atoms with Gasteiger partial charge in [0.15, 0.2) is 0 Å². The number of halogens is 1. The lowest BCUT2D eigenvalue weighted by molar-refractivity contribution is -0.139. The number of rotatable bonds is 3. The Kier molecular flexibility index (Phi) is 7.30. The molecule has 3 rings (SSSR count). The minimum absolute atomic E-state index is 0. The van der Waals surface area contributed by atoms with E-state index in [1.54, 1.807) is 12.1 Å². The average Bonchev–Trinajstić information content (AvgIpc) is 2.64. The summed E-state index contributed by atoms with van der Waals surface area (Å²) in [6.45, 7) is 9.17. The molecule has 2 saturated heterocycles. The van der Waals surface area contributed by atoms with Crippen LogP contribution in [-0.4, -0.2) is 62.3 Å². The Morgan fingerprint density at radius 2 is 1.78 bits per heavy atom. The molecule has 1 aromatic carbocycles. The first kappa shape index (κ1) is 22.1. The molecule has 1 N–H and O–H groups in total. The SMILES string of the molecule is Cc1ccc(S(=O)(=O)N2CCC(C(=O)N3CCNC[C@@H]3C)CC2)cc1C.Cl. The van der Waals surface area contributed by atoms with Crippen molar-refractivity contribution in [3.63, 3.8) is 0 Å². The van der Waals surface area contributed by atoms with E-state index in [4.69, 9.17) is 0 Å². The smallest absolute Gasteiger partial charge is 0.243 e. The third-order valence-electron chi connectivity index (χ3n) is 5.70. The minimum Gasteiger partial charge on any atom is -0.337 e. The monoisotopic (exact) mass is 415 g/mol. The summed E-state index contributed by atoms with van der Waals surface area (Å²) in [5, 5.41) is 3.29. The Labute approximate surface area is 168 Å². The van der Waals surface area contributed by atoms with Crippen LogP contribution in [0.5, 0.6) is 0 Å². The summed E-state index contributed by atoms with van der Waals surface area (Å²) in [4.78, 5) is 15.1. The Balaban J connectivity index is 0.00000261. The van der Waals surface area contributed by atoms with Crippen LogP contribution in [0.1, 0.15) is 30.9 Å². The number of carbonyl (C=O) groups is 1. The molecule has 0 unspecified atom stereocenters. The Morgan fingerprint density at radius 1 is 1.11 bits per heavy atom. The second-order valence-electron chi connectivity index (χ2n) is 7.51. The third-order valence-corrected chi connectivity index (χ3v) is 7.60. The van der Waals surface area contributed by atoms with E-state index in [1.165, 1.54) is 4.31 Å². The summed E-state index contributed by atoms with van der Waals surface area (Å²) in [6.07, 6.45) is 1.19. The van der Waals surface area contributed by atoms with Gasteiger partial charge in [-0.15, -0.1) is 12.4 Å². The van der Waals surface area contributed by atoms with Crippen LogP contribution >= 0.6 is 12.4 Å². The molecule has 0 spiro atoms. The summed E-state index contributed by atoms with van der Waals surface area (Å²) in [5.74, 6) is 0.115. The number of piperazine rings is 1. The molecule has 6 nitrogen and oxygen atoms in total. The quantitative estimate of drug-likeness (QED) is 0.819. The van der Waals surface area contributed by atoms with Gasteiger partial charge in [0.1, 0.15) is 0 Å². The van der Waals surface area contributed by atoms with Crippen molar-refractivity contribution in [2.75, 3.05) is 32.7 Å². The van der Waals surface area contributed by atoms with Gasteiger partial charge in [-0.05, 0) is 56.9 Å². The van der Waals surface area contributed by atoms with Crippen molar-refractivity contribution >= 4 is 28.3 Å². The number of hydrogen-bond donors (Lipinski definition) is 1. The van der Waals surface area contributed by atoms with Crippen LogP contribution in [0.4, 0.5) is 0 Å². The van der Waals surface area contributed by atoms with Crippen molar-refractivity contribution in [3.05, 3.63) is 29.3 Å². The second kappa shape index (κ2) is 8.90. The van der Waals surface area contributed by atoms with Gasteiger partial charge >= 0.3 is 0 Å². The first-order chi connectivity index (χ1) is 12.3. The molecule has 2 aliphatic heterocycles. The van der Waals surface area contributed by atoms with Crippen LogP contribution in [0.2, 0.25) is 0 Å². The molecule has 8 heteroatoms. The summed E-state index contributed by atoms with van der Waals surface area (Å²) >= 11 is 0. The number of nitrogens with zero attached hydrogens (tertiary/aromatic N) is 2. The molecule has 152 valence electrons. The lowest BCUT2D eigenvalue weighted by Gasteiger charge is -2.38. The summed E-state index contributed by atoms with van der Waals surface area (Å²) < 4.78 is 27.3. The zero-order chi connectivity index (χ0) is 18.9. The number of benzene rings is 1. The number of nitrogens with one attached hydrogen (secondary N) is 1. The van der Waals surface area contributed by atoms with E-state index in [0.29, 0.717) is 30.8 Å². The molecule has 0 aromatic heterocycles. The maximum Gasteiger partial charge on any atom is 0.243 e. The Hall–Kier alpha value is -1.15. The fourth-order valence-electron chi connectivity index (χ4n) is 3.77. The van der Waals surface area contributed by atoms with Gasteiger partial charge in [-0.1, -0.05) is 6.07 Å². The topological polar surface area (TPSA) is 69.7 Å². The molecule has 1 aromatic rings. The number of piperidine rings is 1. The first-order valence-corrected chi connectivity index (χ1v) is 10.8. The number of sulfonamides is 1. The molecule has 1 atom stereocenters. The zero-order valence-corrected chi connectivity index (χ0v) is 17.9. The zero-order valence-electron chi connectivity index (χ0n) is 16.3. The lowest BCUT2D eigenvalue weighted by Crippen LogP contribution is -2.55. The number of aryl methyl sites for hydroxylation is 2. The molecular weight excluding hydrogens is 386 g/mol. The summed E-state index contributed by atoms with van der Waals surface area (Å²) in [5.41, 5.74) is 2.06. The Bertz CT molecular complexity index is 776. The Morgan fingerprint density at radius 3 is 2.37 bits per heavy atom. The van der Waals surface area contributed by atoms with Gasteiger partial charge in [0, 0.05) is 44.7 Å². The number of hydrogen-bond acceptors (Lipinski definition) is 4. The maximum absolute atomic E-state index is 12.9. The van der Waals surface area contributed by atoms with Gasteiger partial charge in [0.05, 0.1) is 4.90 Å². The highest BCUT2D eigenvalue weighted by Crippen LogP contribution is 2.26. The molecule has 0 bridgehead atoms. The van der Waals surface area contributed by atoms with Gasteiger partial charge in [-0.25, -0.2) is 8.42 Å². The van der Waals surface area contributed by atoms with E-state index in [-0.39, 0.29) is 30.3 Å². The molecule has 2 heterocycles. The normalized spacial score (nSPS) is 22.3. The highest BCUT2D eigenvalue weighted by Gasteiger charge is 2.35. The molecule has 2 aliphatic rings. The van der Waals surface area contributed by atoms with Crippen molar-refractivity contribution < 1.29 is 13.2 Å². The van der Waals surface area contributed by atoms with E-state index in [0.717, 1.165) is 30.8 Å². The highest BCUT2D eigenvalue weighted by atomic mass is 35.5. The molecule has 1 amide bonds. The van der Waals surface area contributed by atoms with Gasteiger partial charge in [-0.3, -0.25) is 4.79 Å². The molecule has 0 radical (unpaired) electrons. The van der Waals surface area contributed by atoms with Gasteiger partial charge < -0.3 is 10.2 Å². The summed E-state index contributed by atoms with van der Waals surface area (Å²) in [7, 11) is -3.49. The minimum atomic E-state index is -3.49. The third kappa shape index (κ3) is 4.65. The number of carbonyl (C=O) groups excluding carboxylic acids is 1. The van der Waals surface area contributed by atoms with E-state index in [1.807, 2.05) is 24.8 Å². The highest BCUT2D eigenvalue weighted by molar-refractivity contribution is 7.89. The predicted octanol–water partition coefficient (Wildman–Crippen LogP) is 1.95. The molecule has 27 heavy (non-hydrogen) atoms. The van der Waals surface area contributed by atoms with Crippen molar-refractivity contribution in [1.82, 2.24) is 14.5 Å². The van der Waals surface area contributed by atoms with Gasteiger partial charge in [-0.2, -0.15) is 4.31 Å². The standard InChI is InChI=1S/C19H29N3O3S.ClH/c1-14-4-5-18(12-15(14)2)26(24,25)21-9-6-17(7-10-21)19(23)22-11-8-20-13-16(22)3;/h4-5,12,16-17,20H,6-11,13H2,1-3H3;1H/t16-;/m0./s1. The lowest BCUT2D eigenvalue weighted by atomic mass is 9.95. The van der Waals surface area contributed by atoms with Crippen molar-refractivity contribution in [3.8, 4) is 0 Å². The average molecular weight is 416 g/mol. The fourth-order valence-corrected chi connectivity index (χ4v) is 5.32. The van der Waals surface area contributed by atoms with Crippen LogP contribution in [0.3, 0.4) is 0 Å². The van der Waals surface area contributed by atoms with Gasteiger partial charge in [0.2, 0.25) is 15.9 Å². The van der Waals surface area contributed by atoms with Crippen molar-refractivity contribution in [1.29, 1.82) is 0 Å². The van der Waals surface area contributed by atoms with Crippen LogP contribution in [0, 0.1) is 19.8 Å². The molecule has 2 fully saturated rings. The maximum atomic E-state index is 12.9.